The highest BCUT2D eigenvalue weighted by atomic mass is 31.2. The molecule has 0 saturated carbocycles. The summed E-state index contributed by atoms with van der Waals surface area (Å²) in [5.74, 6) is 2.81. The predicted molar refractivity (Wildman–Crippen MR) is 130 cm³/mol. The lowest BCUT2D eigenvalue weighted by Gasteiger charge is -2.33. The standard InChI is InChI=1S/C23H37N4O2P/c1-18(2)19(3)26-30(6,29-22-10-8-7-9-11-22)15-13-21(17-28)16-27-14-12-23(24-5)25-20(27)4/h7-12,14,18-19,21,26,28H,4,6,13,15-17H2,1-3,5H3,(H,24,25)/t19-,21?,30?/m0/s1. The van der Waals surface area contributed by atoms with E-state index in [9.17, 15) is 5.11 Å². The Morgan fingerprint density at radius 1 is 1.23 bits per heavy atom. The largest absolute Gasteiger partial charge is 0.463 e. The van der Waals surface area contributed by atoms with Gasteiger partial charge < -0.3 is 19.8 Å². The van der Waals surface area contributed by atoms with Gasteiger partial charge in [-0.3, -0.25) is 5.09 Å². The molecule has 0 spiro atoms. The van der Waals surface area contributed by atoms with E-state index >= 15 is 0 Å². The molecular formula is C23H37N4O2P. The van der Waals surface area contributed by atoms with Crippen molar-refractivity contribution in [2.45, 2.75) is 33.2 Å². The van der Waals surface area contributed by atoms with Crippen LogP contribution in [0, 0.1) is 11.8 Å². The van der Waals surface area contributed by atoms with Gasteiger partial charge in [0.1, 0.15) is 24.7 Å². The van der Waals surface area contributed by atoms with E-state index in [0.29, 0.717) is 18.3 Å². The third-order valence-electron chi connectivity index (χ3n) is 5.32. The normalized spacial score (nSPS) is 18.0. The number of likely N-dealkylation sites (N-methyl/N-ethyl adjacent to an activating group) is 1. The molecule has 2 unspecified atom stereocenters. The first-order chi connectivity index (χ1) is 14.3. The maximum Gasteiger partial charge on any atom is 0.129 e. The van der Waals surface area contributed by atoms with Crippen LogP contribution in [0.5, 0.6) is 5.75 Å². The van der Waals surface area contributed by atoms with Crippen LogP contribution in [0.1, 0.15) is 27.2 Å². The van der Waals surface area contributed by atoms with E-state index in [-0.39, 0.29) is 18.6 Å². The summed E-state index contributed by atoms with van der Waals surface area (Å²) in [7, 11) is -0.328. The number of aliphatic imine (C=N–C) groups is 1. The molecule has 1 aliphatic rings. The molecular weight excluding hydrogens is 395 g/mol. The van der Waals surface area contributed by atoms with Gasteiger partial charge in [0.05, 0.1) is 0 Å². The molecule has 3 atom stereocenters. The zero-order valence-corrected chi connectivity index (χ0v) is 19.6. The monoisotopic (exact) mass is 432 g/mol. The van der Waals surface area contributed by atoms with Crippen LogP contribution in [-0.2, 0) is 0 Å². The van der Waals surface area contributed by atoms with Gasteiger partial charge in [-0.2, -0.15) is 0 Å². The lowest BCUT2D eigenvalue weighted by molar-refractivity contribution is 0.197. The predicted octanol–water partition coefficient (Wildman–Crippen LogP) is 3.90. The molecule has 1 aromatic carbocycles. The summed E-state index contributed by atoms with van der Waals surface area (Å²) in [6.07, 6.45) is 9.91. The van der Waals surface area contributed by atoms with Crippen LogP contribution in [0.3, 0.4) is 0 Å². The van der Waals surface area contributed by atoms with Crippen LogP contribution in [0.4, 0.5) is 0 Å². The van der Waals surface area contributed by atoms with Crippen molar-refractivity contribution in [1.29, 1.82) is 0 Å². The van der Waals surface area contributed by atoms with Crippen molar-refractivity contribution in [3.63, 3.8) is 0 Å². The van der Waals surface area contributed by atoms with E-state index in [1.54, 1.807) is 0 Å². The third kappa shape index (κ3) is 7.35. The number of benzene rings is 1. The van der Waals surface area contributed by atoms with E-state index in [1.165, 1.54) is 0 Å². The second-order valence-corrected chi connectivity index (χ2v) is 10.8. The Morgan fingerprint density at radius 2 is 1.93 bits per heavy atom. The second-order valence-electron chi connectivity index (χ2n) is 8.15. The van der Waals surface area contributed by atoms with Crippen LogP contribution < -0.4 is 14.9 Å². The summed E-state index contributed by atoms with van der Waals surface area (Å²) in [5, 5.41) is 16.7. The van der Waals surface area contributed by atoms with Gasteiger partial charge >= 0.3 is 0 Å². The molecule has 3 N–H and O–H groups in total. The number of nitrogens with one attached hydrogen (secondary N) is 2. The lowest BCUT2D eigenvalue weighted by atomic mass is 10.1. The average molecular weight is 433 g/mol. The number of amidine groups is 1. The van der Waals surface area contributed by atoms with Crippen LogP contribution >= 0.6 is 7.26 Å². The van der Waals surface area contributed by atoms with Crippen molar-refractivity contribution in [3.05, 3.63) is 55.0 Å². The number of aliphatic hydroxyl groups is 1. The van der Waals surface area contributed by atoms with E-state index < -0.39 is 7.26 Å². The van der Waals surface area contributed by atoms with Crippen LogP contribution in [0.25, 0.3) is 0 Å². The van der Waals surface area contributed by atoms with Gasteiger partial charge in [0.25, 0.3) is 0 Å². The van der Waals surface area contributed by atoms with Crippen LogP contribution in [-0.4, -0.2) is 54.5 Å². The summed E-state index contributed by atoms with van der Waals surface area (Å²) < 4.78 is 6.39. The van der Waals surface area contributed by atoms with Crippen molar-refractivity contribution in [3.8, 4) is 5.75 Å². The zero-order chi connectivity index (χ0) is 22.1. The van der Waals surface area contributed by atoms with Crippen LogP contribution in [0.15, 0.2) is 60.0 Å². The highest BCUT2D eigenvalue weighted by molar-refractivity contribution is 7.67. The molecule has 0 saturated heterocycles. The number of nitrogens with zero attached hydrogens (tertiary/aromatic N) is 2. The van der Waals surface area contributed by atoms with Gasteiger partial charge in [0, 0.05) is 44.5 Å². The molecule has 0 radical (unpaired) electrons. The number of hydrogen-bond donors (Lipinski definition) is 3. The Bertz CT molecular complexity index is 792. The van der Waals surface area contributed by atoms with Gasteiger partial charge in [0.2, 0.25) is 0 Å². The fraction of sp³-hybridized carbons (Fsp3) is 0.478. The molecule has 30 heavy (non-hydrogen) atoms. The number of para-hydroxylation sites is 1. The Morgan fingerprint density at radius 3 is 2.50 bits per heavy atom. The Labute approximate surface area is 181 Å². The smallest absolute Gasteiger partial charge is 0.129 e. The van der Waals surface area contributed by atoms with Gasteiger partial charge in [-0.25, -0.2) is 4.99 Å². The molecule has 1 aliphatic heterocycles. The molecule has 166 valence electrons. The summed E-state index contributed by atoms with van der Waals surface area (Å²) in [4.78, 5) is 6.40. The first-order valence-electron chi connectivity index (χ1n) is 10.5. The molecule has 6 nitrogen and oxygen atoms in total. The lowest BCUT2D eigenvalue weighted by Crippen LogP contribution is -2.33. The number of hydrogen-bond acceptors (Lipinski definition) is 6. The summed E-state index contributed by atoms with van der Waals surface area (Å²) >= 11 is 0. The molecule has 1 aromatic rings. The van der Waals surface area contributed by atoms with E-state index in [0.717, 1.165) is 24.2 Å². The van der Waals surface area contributed by atoms with Gasteiger partial charge in [-0.1, -0.05) is 44.9 Å². The van der Waals surface area contributed by atoms with Crippen LogP contribution in [0.2, 0.25) is 0 Å². The maximum absolute atomic E-state index is 10.00. The molecule has 2 rings (SSSR count). The van der Waals surface area contributed by atoms with E-state index in [1.807, 2.05) is 54.6 Å². The highest BCUT2D eigenvalue weighted by Gasteiger charge is 2.24. The molecule has 0 aromatic heterocycles. The first kappa shape index (κ1) is 24.3. The molecule has 1 heterocycles. The fourth-order valence-electron chi connectivity index (χ4n) is 3.04. The quantitative estimate of drug-likeness (QED) is 0.463. The van der Waals surface area contributed by atoms with E-state index in [4.69, 9.17) is 4.52 Å². The fourth-order valence-corrected chi connectivity index (χ4v) is 5.66. The third-order valence-corrected chi connectivity index (χ3v) is 7.74. The molecule has 0 fully saturated rings. The minimum Gasteiger partial charge on any atom is -0.463 e. The van der Waals surface area contributed by atoms with Crippen molar-refractivity contribution < 1.29 is 9.63 Å². The van der Waals surface area contributed by atoms with Gasteiger partial charge in [0.15, 0.2) is 0 Å². The topological polar surface area (TPSA) is 69.1 Å². The minimum atomic E-state index is -2.16. The SMILES string of the molecule is C=C1N=C(NC)C=CN1CC(CO)CCP(=C)(N[C@@H](C)C(C)C)Oc1ccccc1. The van der Waals surface area contributed by atoms with Gasteiger partial charge in [-0.15, -0.1) is 0 Å². The highest BCUT2D eigenvalue weighted by Crippen LogP contribution is 2.45. The average Bonchev–Trinajstić information content (AvgIpc) is 2.72. The molecule has 0 amide bonds. The summed E-state index contributed by atoms with van der Waals surface area (Å²) in [6, 6.07) is 10.1. The molecule has 7 heteroatoms. The first-order valence-corrected chi connectivity index (χ1v) is 12.6. The summed E-state index contributed by atoms with van der Waals surface area (Å²) in [6.45, 7) is 11.3. The zero-order valence-electron chi connectivity index (χ0n) is 18.7. The van der Waals surface area contributed by atoms with Crippen molar-refractivity contribution in [1.82, 2.24) is 15.3 Å². The summed E-state index contributed by atoms with van der Waals surface area (Å²) in [5.41, 5.74) is 0. The molecule has 0 bridgehead atoms. The number of aliphatic hydroxyl groups excluding tert-OH is 1. The number of rotatable bonds is 11. The maximum atomic E-state index is 10.00. The second kappa shape index (κ2) is 11.4. The minimum absolute atomic E-state index is 0.0643. The Kier molecular flexibility index (Phi) is 9.22. The Hall–Kier alpha value is -2.01. The van der Waals surface area contributed by atoms with Crippen molar-refractivity contribution >= 4 is 19.4 Å². The Balaban J connectivity index is 2.05. The molecule has 0 aliphatic carbocycles. The van der Waals surface area contributed by atoms with Gasteiger partial charge in [-0.05, 0) is 37.5 Å². The van der Waals surface area contributed by atoms with Crippen molar-refractivity contribution in [2.75, 3.05) is 26.4 Å². The van der Waals surface area contributed by atoms with E-state index in [2.05, 4.69) is 49.0 Å². The van der Waals surface area contributed by atoms with Crippen molar-refractivity contribution in [2.24, 2.45) is 16.8 Å².